The zero-order valence-corrected chi connectivity index (χ0v) is 16.8. The summed E-state index contributed by atoms with van der Waals surface area (Å²) in [5, 5.41) is 11.5. The molecule has 3 aromatic carbocycles. The van der Waals surface area contributed by atoms with E-state index in [0.717, 1.165) is 0 Å². The van der Waals surface area contributed by atoms with Gasteiger partial charge in [0.2, 0.25) is 0 Å². The van der Waals surface area contributed by atoms with Crippen LogP contribution in [0.5, 0.6) is 5.75 Å². The first-order chi connectivity index (χ1) is 14.5. The first-order valence-corrected chi connectivity index (χ1v) is 9.65. The summed E-state index contributed by atoms with van der Waals surface area (Å²) < 4.78 is 5.49. The summed E-state index contributed by atoms with van der Waals surface area (Å²) in [5.74, 6) is -1.26. The Morgan fingerprint density at radius 3 is 2.37 bits per heavy atom. The van der Waals surface area contributed by atoms with Gasteiger partial charge >= 0.3 is 0 Å². The quantitative estimate of drug-likeness (QED) is 0.368. The van der Waals surface area contributed by atoms with E-state index in [4.69, 9.17) is 16.3 Å². The van der Waals surface area contributed by atoms with Crippen LogP contribution in [0.25, 0.3) is 5.76 Å². The zero-order valence-electron chi connectivity index (χ0n) is 16.1. The summed E-state index contributed by atoms with van der Waals surface area (Å²) in [6.45, 7) is 0. The highest BCUT2D eigenvalue weighted by molar-refractivity contribution is 6.51. The van der Waals surface area contributed by atoms with Crippen molar-refractivity contribution in [1.29, 1.82) is 0 Å². The Labute approximate surface area is 178 Å². The third-order valence-electron chi connectivity index (χ3n) is 5.01. The molecule has 1 fully saturated rings. The molecule has 1 N–H and O–H groups in total. The second-order valence-corrected chi connectivity index (χ2v) is 7.19. The number of aliphatic hydroxyl groups excluding tert-OH is 1. The fraction of sp³-hybridized carbons (Fsp3) is 0.0833. The maximum atomic E-state index is 13.1. The Hall–Kier alpha value is -3.57. The molecule has 150 valence electrons. The Bertz CT molecular complexity index is 1160. The lowest BCUT2D eigenvalue weighted by Crippen LogP contribution is -2.29. The average Bonchev–Trinajstić information content (AvgIpc) is 3.04. The van der Waals surface area contributed by atoms with E-state index in [1.807, 2.05) is 0 Å². The number of nitrogens with zero attached hydrogens (tertiary/aromatic N) is 1. The van der Waals surface area contributed by atoms with E-state index in [-0.39, 0.29) is 11.3 Å². The number of hydrogen-bond acceptors (Lipinski definition) is 4. The van der Waals surface area contributed by atoms with Crippen LogP contribution in [0.15, 0.2) is 84.4 Å². The van der Waals surface area contributed by atoms with E-state index in [9.17, 15) is 14.7 Å². The van der Waals surface area contributed by atoms with Crippen molar-refractivity contribution in [3.05, 3.63) is 101 Å². The topological polar surface area (TPSA) is 66.8 Å². The maximum Gasteiger partial charge on any atom is 0.300 e. The van der Waals surface area contributed by atoms with Crippen LogP contribution in [0.3, 0.4) is 0 Å². The molecule has 1 aliphatic heterocycles. The van der Waals surface area contributed by atoms with Crippen molar-refractivity contribution < 1.29 is 19.4 Å². The van der Waals surface area contributed by atoms with Crippen molar-refractivity contribution >= 4 is 34.7 Å². The summed E-state index contributed by atoms with van der Waals surface area (Å²) >= 11 is 6.15. The van der Waals surface area contributed by atoms with Crippen LogP contribution in [0, 0.1) is 0 Å². The third kappa shape index (κ3) is 3.33. The van der Waals surface area contributed by atoms with Gasteiger partial charge in [-0.15, -0.1) is 0 Å². The van der Waals surface area contributed by atoms with E-state index in [0.29, 0.717) is 27.6 Å². The molecular formula is C24H18ClNO4. The van der Waals surface area contributed by atoms with Gasteiger partial charge in [0.25, 0.3) is 11.7 Å². The molecule has 0 saturated carbocycles. The number of rotatable bonds is 4. The molecule has 6 heteroatoms. The standard InChI is InChI=1S/C24H18ClNO4/c1-30-19-13-6-5-12-18(19)21-20(22(27)15-8-3-2-4-9-15)23(28)24(29)26(21)17-11-7-10-16(25)14-17/h2-14,21,27H,1H3. The van der Waals surface area contributed by atoms with Gasteiger partial charge in [-0.05, 0) is 24.3 Å². The summed E-state index contributed by atoms with van der Waals surface area (Å²) in [6.07, 6.45) is 0. The fourth-order valence-electron chi connectivity index (χ4n) is 3.66. The van der Waals surface area contributed by atoms with Crippen molar-refractivity contribution in [2.45, 2.75) is 6.04 Å². The largest absolute Gasteiger partial charge is 0.507 e. The van der Waals surface area contributed by atoms with E-state index in [1.54, 1.807) is 78.9 Å². The summed E-state index contributed by atoms with van der Waals surface area (Å²) in [7, 11) is 1.52. The lowest BCUT2D eigenvalue weighted by atomic mass is 9.94. The number of anilines is 1. The van der Waals surface area contributed by atoms with Crippen LogP contribution in [0.1, 0.15) is 17.2 Å². The predicted octanol–water partition coefficient (Wildman–Crippen LogP) is 4.97. The van der Waals surface area contributed by atoms with Crippen molar-refractivity contribution in [1.82, 2.24) is 0 Å². The molecule has 0 bridgehead atoms. The molecule has 0 radical (unpaired) electrons. The van der Waals surface area contributed by atoms with Gasteiger partial charge in [0.15, 0.2) is 0 Å². The normalized spacial score (nSPS) is 17.9. The van der Waals surface area contributed by atoms with Gasteiger partial charge < -0.3 is 9.84 Å². The summed E-state index contributed by atoms with van der Waals surface area (Å²) in [4.78, 5) is 27.5. The fourth-order valence-corrected chi connectivity index (χ4v) is 3.85. The van der Waals surface area contributed by atoms with Crippen molar-refractivity contribution in [2.75, 3.05) is 12.0 Å². The van der Waals surface area contributed by atoms with Gasteiger partial charge in [0.1, 0.15) is 11.5 Å². The number of Topliss-reactive ketones (excluding diaryl/α,β-unsaturated/α-hetero) is 1. The molecule has 1 heterocycles. The molecule has 30 heavy (non-hydrogen) atoms. The molecule has 1 unspecified atom stereocenters. The molecule has 1 aliphatic rings. The first kappa shape index (κ1) is 19.7. The molecule has 1 atom stereocenters. The van der Waals surface area contributed by atoms with E-state index < -0.39 is 17.7 Å². The number of aliphatic hydroxyl groups is 1. The highest BCUT2D eigenvalue weighted by atomic mass is 35.5. The minimum absolute atomic E-state index is 0.00400. The number of hydrogen-bond donors (Lipinski definition) is 1. The third-order valence-corrected chi connectivity index (χ3v) is 5.25. The monoisotopic (exact) mass is 419 g/mol. The van der Waals surface area contributed by atoms with Crippen LogP contribution in [-0.2, 0) is 9.59 Å². The molecule has 1 saturated heterocycles. The number of para-hydroxylation sites is 1. The second kappa shape index (κ2) is 8.05. The van der Waals surface area contributed by atoms with Gasteiger partial charge in [-0.25, -0.2) is 0 Å². The number of methoxy groups -OCH3 is 1. The van der Waals surface area contributed by atoms with E-state index in [2.05, 4.69) is 0 Å². The van der Waals surface area contributed by atoms with E-state index >= 15 is 0 Å². The van der Waals surface area contributed by atoms with Gasteiger partial charge in [0.05, 0.1) is 18.7 Å². The van der Waals surface area contributed by atoms with Crippen LogP contribution < -0.4 is 9.64 Å². The Morgan fingerprint density at radius 2 is 1.67 bits per heavy atom. The molecular weight excluding hydrogens is 402 g/mol. The van der Waals surface area contributed by atoms with Gasteiger partial charge in [-0.1, -0.05) is 66.2 Å². The molecule has 1 amide bonds. The van der Waals surface area contributed by atoms with Crippen LogP contribution in [-0.4, -0.2) is 23.9 Å². The summed E-state index contributed by atoms with van der Waals surface area (Å²) in [6, 6.07) is 21.6. The van der Waals surface area contributed by atoms with Crippen LogP contribution >= 0.6 is 11.6 Å². The SMILES string of the molecule is COc1ccccc1C1C(=C(O)c2ccccc2)C(=O)C(=O)N1c1cccc(Cl)c1. The first-order valence-electron chi connectivity index (χ1n) is 9.28. The highest BCUT2D eigenvalue weighted by Gasteiger charge is 2.47. The number of carbonyl (C=O) groups is 2. The summed E-state index contributed by atoms with van der Waals surface area (Å²) in [5.41, 5.74) is 1.47. The van der Waals surface area contributed by atoms with Gasteiger partial charge in [0, 0.05) is 21.8 Å². The Balaban J connectivity index is 2.00. The maximum absolute atomic E-state index is 13.1. The lowest BCUT2D eigenvalue weighted by Gasteiger charge is -2.26. The number of halogens is 1. The minimum Gasteiger partial charge on any atom is -0.507 e. The van der Waals surface area contributed by atoms with Gasteiger partial charge in [-0.2, -0.15) is 0 Å². The number of amides is 1. The number of benzene rings is 3. The van der Waals surface area contributed by atoms with Crippen molar-refractivity contribution in [3.8, 4) is 5.75 Å². The molecule has 0 aliphatic carbocycles. The number of ether oxygens (including phenoxy) is 1. The van der Waals surface area contributed by atoms with Crippen molar-refractivity contribution in [3.63, 3.8) is 0 Å². The number of ketones is 1. The van der Waals surface area contributed by atoms with Crippen molar-refractivity contribution in [2.24, 2.45) is 0 Å². The molecule has 3 aromatic rings. The molecule has 5 nitrogen and oxygen atoms in total. The zero-order chi connectivity index (χ0) is 21.3. The highest BCUT2D eigenvalue weighted by Crippen LogP contribution is 2.45. The smallest absolute Gasteiger partial charge is 0.300 e. The number of carbonyl (C=O) groups excluding carboxylic acids is 2. The van der Waals surface area contributed by atoms with Gasteiger partial charge in [-0.3, -0.25) is 14.5 Å². The predicted molar refractivity (Wildman–Crippen MR) is 116 cm³/mol. The van der Waals surface area contributed by atoms with E-state index in [1.165, 1.54) is 12.0 Å². The average molecular weight is 420 g/mol. The lowest BCUT2D eigenvalue weighted by molar-refractivity contribution is -0.132. The van der Waals surface area contributed by atoms with Crippen LogP contribution in [0.4, 0.5) is 5.69 Å². The minimum atomic E-state index is -0.875. The molecule has 0 aromatic heterocycles. The Morgan fingerprint density at radius 1 is 0.967 bits per heavy atom. The second-order valence-electron chi connectivity index (χ2n) is 6.76. The molecule has 0 spiro atoms. The Kier molecular flexibility index (Phi) is 5.29. The van der Waals surface area contributed by atoms with Crippen LogP contribution in [0.2, 0.25) is 5.02 Å². The molecule has 4 rings (SSSR count).